The minimum Gasteiger partial charge on any atom is -0.382 e. The highest BCUT2D eigenvalue weighted by Gasteiger charge is 2.10. The SMILES string of the molecule is COCCOCC(Cc1ccc(F)cc1Br)NN. The van der Waals surface area contributed by atoms with Gasteiger partial charge < -0.3 is 9.47 Å². The lowest BCUT2D eigenvalue weighted by Gasteiger charge is -2.17. The predicted octanol–water partition coefficient (Wildman–Crippen LogP) is 1.63. The van der Waals surface area contributed by atoms with Gasteiger partial charge in [0.2, 0.25) is 0 Å². The zero-order valence-corrected chi connectivity index (χ0v) is 11.9. The van der Waals surface area contributed by atoms with Crippen molar-refractivity contribution in [3.63, 3.8) is 0 Å². The molecule has 0 spiro atoms. The van der Waals surface area contributed by atoms with Gasteiger partial charge in [-0.3, -0.25) is 11.3 Å². The quantitative estimate of drug-likeness (QED) is 0.434. The number of methoxy groups -OCH3 is 1. The van der Waals surface area contributed by atoms with Crippen LogP contribution in [0.2, 0.25) is 0 Å². The number of halogens is 2. The summed E-state index contributed by atoms with van der Waals surface area (Å²) in [6.45, 7) is 1.56. The van der Waals surface area contributed by atoms with Crippen LogP contribution in [0.15, 0.2) is 22.7 Å². The molecule has 0 aromatic heterocycles. The molecule has 0 aliphatic heterocycles. The van der Waals surface area contributed by atoms with Crippen LogP contribution in [0.5, 0.6) is 0 Å². The van der Waals surface area contributed by atoms with Crippen molar-refractivity contribution in [2.45, 2.75) is 12.5 Å². The van der Waals surface area contributed by atoms with Gasteiger partial charge in [-0.2, -0.15) is 0 Å². The Morgan fingerprint density at radius 3 is 2.83 bits per heavy atom. The summed E-state index contributed by atoms with van der Waals surface area (Å²) < 4.78 is 24.0. The maximum Gasteiger partial charge on any atom is 0.124 e. The lowest BCUT2D eigenvalue weighted by Crippen LogP contribution is -2.40. The van der Waals surface area contributed by atoms with Gasteiger partial charge in [0.25, 0.3) is 0 Å². The molecule has 1 unspecified atom stereocenters. The molecule has 0 aliphatic rings. The number of hydrogen-bond acceptors (Lipinski definition) is 4. The maximum absolute atomic E-state index is 12.9. The molecule has 3 N–H and O–H groups in total. The van der Waals surface area contributed by atoms with Gasteiger partial charge >= 0.3 is 0 Å². The fourth-order valence-corrected chi connectivity index (χ4v) is 2.00. The summed E-state index contributed by atoms with van der Waals surface area (Å²) in [5.41, 5.74) is 3.67. The van der Waals surface area contributed by atoms with Crippen LogP contribution in [-0.2, 0) is 15.9 Å². The third-order valence-electron chi connectivity index (χ3n) is 2.47. The van der Waals surface area contributed by atoms with Gasteiger partial charge in [0.1, 0.15) is 5.82 Å². The number of nitrogens with one attached hydrogen (secondary N) is 1. The van der Waals surface area contributed by atoms with Gasteiger partial charge in [0.15, 0.2) is 0 Å². The van der Waals surface area contributed by atoms with Gasteiger partial charge in [-0.25, -0.2) is 4.39 Å². The maximum atomic E-state index is 12.9. The number of hydrazine groups is 1. The summed E-state index contributed by atoms with van der Waals surface area (Å²) in [4.78, 5) is 0. The molecule has 0 fully saturated rings. The second kappa shape index (κ2) is 8.55. The average molecular weight is 321 g/mol. The van der Waals surface area contributed by atoms with E-state index in [-0.39, 0.29) is 11.9 Å². The van der Waals surface area contributed by atoms with E-state index in [1.807, 2.05) is 0 Å². The molecule has 18 heavy (non-hydrogen) atoms. The normalized spacial score (nSPS) is 12.7. The molecule has 4 nitrogen and oxygen atoms in total. The summed E-state index contributed by atoms with van der Waals surface area (Å²) in [7, 11) is 1.62. The summed E-state index contributed by atoms with van der Waals surface area (Å²) in [6.07, 6.45) is 0.657. The van der Waals surface area contributed by atoms with Crippen molar-refractivity contribution in [2.75, 3.05) is 26.9 Å². The highest BCUT2D eigenvalue weighted by atomic mass is 79.9. The Hall–Kier alpha value is -0.530. The first kappa shape index (κ1) is 15.5. The van der Waals surface area contributed by atoms with E-state index in [1.165, 1.54) is 12.1 Å². The Balaban J connectivity index is 2.46. The van der Waals surface area contributed by atoms with Crippen LogP contribution in [0, 0.1) is 5.82 Å². The van der Waals surface area contributed by atoms with E-state index in [9.17, 15) is 4.39 Å². The highest BCUT2D eigenvalue weighted by Crippen LogP contribution is 2.19. The van der Waals surface area contributed by atoms with E-state index in [0.29, 0.717) is 26.2 Å². The lowest BCUT2D eigenvalue weighted by atomic mass is 10.1. The number of benzene rings is 1. The Morgan fingerprint density at radius 2 is 2.22 bits per heavy atom. The van der Waals surface area contributed by atoms with Gasteiger partial charge in [-0.05, 0) is 24.1 Å². The van der Waals surface area contributed by atoms with E-state index >= 15 is 0 Å². The van der Waals surface area contributed by atoms with E-state index in [4.69, 9.17) is 15.3 Å². The molecule has 1 aromatic carbocycles. The van der Waals surface area contributed by atoms with Crippen LogP contribution < -0.4 is 11.3 Å². The molecule has 6 heteroatoms. The van der Waals surface area contributed by atoms with Crippen molar-refractivity contribution >= 4 is 15.9 Å². The van der Waals surface area contributed by atoms with Crippen molar-refractivity contribution < 1.29 is 13.9 Å². The Labute approximate surface area is 115 Å². The van der Waals surface area contributed by atoms with Crippen LogP contribution in [-0.4, -0.2) is 33.0 Å². The molecule has 1 aromatic rings. The highest BCUT2D eigenvalue weighted by molar-refractivity contribution is 9.10. The van der Waals surface area contributed by atoms with Crippen molar-refractivity contribution in [3.05, 3.63) is 34.1 Å². The Kier molecular flexibility index (Phi) is 7.38. The van der Waals surface area contributed by atoms with Gasteiger partial charge in [-0.1, -0.05) is 22.0 Å². The smallest absolute Gasteiger partial charge is 0.124 e. The molecular formula is C12H18BrFN2O2. The molecular weight excluding hydrogens is 303 g/mol. The van der Waals surface area contributed by atoms with Gasteiger partial charge in [0, 0.05) is 17.6 Å². The van der Waals surface area contributed by atoms with Crippen molar-refractivity contribution in [3.8, 4) is 0 Å². The second-order valence-corrected chi connectivity index (χ2v) is 4.73. The van der Waals surface area contributed by atoms with E-state index in [0.717, 1.165) is 10.0 Å². The first-order valence-corrected chi connectivity index (χ1v) is 6.43. The Bertz CT molecular complexity index is 366. The average Bonchev–Trinajstić information content (AvgIpc) is 2.35. The molecule has 1 atom stereocenters. The van der Waals surface area contributed by atoms with Crippen LogP contribution in [0.1, 0.15) is 5.56 Å². The molecule has 0 saturated heterocycles. The topological polar surface area (TPSA) is 56.5 Å². The van der Waals surface area contributed by atoms with Crippen LogP contribution in [0.25, 0.3) is 0 Å². The summed E-state index contributed by atoms with van der Waals surface area (Å²) in [5.74, 6) is 5.20. The van der Waals surface area contributed by atoms with Crippen LogP contribution >= 0.6 is 15.9 Å². The van der Waals surface area contributed by atoms with Gasteiger partial charge in [0.05, 0.1) is 19.8 Å². The first-order valence-electron chi connectivity index (χ1n) is 5.64. The standard InChI is InChI=1S/C12H18BrFN2O2/c1-17-4-5-18-8-11(16-15)6-9-2-3-10(14)7-12(9)13/h2-3,7,11,16H,4-6,8,15H2,1H3. The van der Waals surface area contributed by atoms with Crippen LogP contribution in [0.3, 0.4) is 0 Å². The van der Waals surface area contributed by atoms with Crippen molar-refractivity contribution in [2.24, 2.45) is 5.84 Å². The van der Waals surface area contributed by atoms with Crippen molar-refractivity contribution in [1.82, 2.24) is 5.43 Å². The van der Waals surface area contributed by atoms with Gasteiger partial charge in [-0.15, -0.1) is 0 Å². The predicted molar refractivity (Wildman–Crippen MR) is 71.6 cm³/mol. The fourth-order valence-electron chi connectivity index (χ4n) is 1.49. The molecule has 0 radical (unpaired) electrons. The molecule has 0 bridgehead atoms. The third kappa shape index (κ3) is 5.41. The summed E-state index contributed by atoms with van der Waals surface area (Å²) in [6, 6.07) is 4.58. The largest absolute Gasteiger partial charge is 0.382 e. The monoisotopic (exact) mass is 320 g/mol. The number of nitrogens with two attached hydrogens (primary N) is 1. The van der Waals surface area contributed by atoms with Crippen LogP contribution in [0.4, 0.5) is 4.39 Å². The lowest BCUT2D eigenvalue weighted by molar-refractivity contribution is 0.0587. The summed E-state index contributed by atoms with van der Waals surface area (Å²) in [5, 5.41) is 0. The van der Waals surface area contributed by atoms with E-state index in [1.54, 1.807) is 13.2 Å². The number of hydrogen-bond donors (Lipinski definition) is 2. The first-order chi connectivity index (χ1) is 8.67. The number of ether oxygens (including phenoxy) is 2. The Morgan fingerprint density at radius 1 is 1.44 bits per heavy atom. The molecule has 0 aliphatic carbocycles. The molecule has 1 rings (SSSR count). The van der Waals surface area contributed by atoms with Crippen molar-refractivity contribution in [1.29, 1.82) is 0 Å². The fraction of sp³-hybridized carbons (Fsp3) is 0.500. The third-order valence-corrected chi connectivity index (χ3v) is 3.21. The molecule has 0 heterocycles. The molecule has 0 saturated carbocycles. The molecule has 0 amide bonds. The van der Waals surface area contributed by atoms with E-state index in [2.05, 4.69) is 21.4 Å². The number of rotatable bonds is 8. The second-order valence-electron chi connectivity index (χ2n) is 3.87. The molecule has 102 valence electrons. The minimum atomic E-state index is -0.265. The zero-order valence-electron chi connectivity index (χ0n) is 10.3. The zero-order chi connectivity index (χ0) is 13.4. The minimum absolute atomic E-state index is 0.0244. The van der Waals surface area contributed by atoms with E-state index < -0.39 is 0 Å². The summed E-state index contributed by atoms with van der Waals surface area (Å²) >= 11 is 3.33.